The maximum absolute atomic E-state index is 12.2. The molecule has 0 saturated carbocycles. The number of amides is 1. The summed E-state index contributed by atoms with van der Waals surface area (Å²) in [5.41, 5.74) is 1.89. The van der Waals surface area contributed by atoms with E-state index in [4.69, 9.17) is 0 Å². The van der Waals surface area contributed by atoms with Crippen molar-refractivity contribution in [1.29, 1.82) is 0 Å². The summed E-state index contributed by atoms with van der Waals surface area (Å²) < 4.78 is 0.344. The Hall–Kier alpha value is -2.21. The molecule has 6 heteroatoms. The topological polar surface area (TPSA) is 72.2 Å². The fourth-order valence-corrected chi connectivity index (χ4v) is 2.26. The number of nitro benzene ring substituents is 1. The Labute approximate surface area is 130 Å². The van der Waals surface area contributed by atoms with Gasteiger partial charge in [0.1, 0.15) is 0 Å². The van der Waals surface area contributed by atoms with E-state index in [1.165, 1.54) is 18.2 Å². The van der Waals surface area contributed by atoms with Crippen molar-refractivity contribution in [2.24, 2.45) is 0 Å². The number of nitrogens with one attached hydrogen (secondary N) is 1. The normalized spacial score (nSPS) is 10.2. The lowest BCUT2D eigenvalue weighted by molar-refractivity contribution is -0.385. The SMILES string of the molecule is CCc1cccc(NC(=O)c2ccc(Br)c([N+](=O)[O-])c2)c1. The first-order valence-corrected chi connectivity index (χ1v) is 7.14. The number of hydrogen-bond acceptors (Lipinski definition) is 3. The molecular formula is C15H13BrN2O3. The van der Waals surface area contributed by atoms with Crippen LogP contribution in [0.4, 0.5) is 11.4 Å². The highest BCUT2D eigenvalue weighted by atomic mass is 79.9. The lowest BCUT2D eigenvalue weighted by atomic mass is 10.1. The van der Waals surface area contributed by atoms with Crippen molar-refractivity contribution in [1.82, 2.24) is 0 Å². The van der Waals surface area contributed by atoms with Gasteiger partial charge in [-0.2, -0.15) is 0 Å². The first-order chi connectivity index (χ1) is 10.0. The molecule has 0 radical (unpaired) electrons. The van der Waals surface area contributed by atoms with Crippen LogP contribution in [0.25, 0.3) is 0 Å². The Bertz CT molecular complexity index is 701. The number of carbonyl (C=O) groups is 1. The van der Waals surface area contributed by atoms with Crippen LogP contribution in [0.5, 0.6) is 0 Å². The van der Waals surface area contributed by atoms with Crippen molar-refractivity contribution in [3.05, 3.63) is 68.2 Å². The molecule has 5 nitrogen and oxygen atoms in total. The van der Waals surface area contributed by atoms with Crippen molar-refractivity contribution in [3.8, 4) is 0 Å². The van der Waals surface area contributed by atoms with Gasteiger partial charge in [-0.3, -0.25) is 14.9 Å². The second-order valence-electron chi connectivity index (χ2n) is 4.43. The highest BCUT2D eigenvalue weighted by molar-refractivity contribution is 9.10. The van der Waals surface area contributed by atoms with Crippen LogP contribution in [-0.4, -0.2) is 10.8 Å². The predicted octanol–water partition coefficient (Wildman–Crippen LogP) is 4.17. The summed E-state index contributed by atoms with van der Waals surface area (Å²) in [5, 5.41) is 13.6. The molecule has 0 fully saturated rings. The van der Waals surface area contributed by atoms with Gasteiger partial charge >= 0.3 is 0 Å². The Balaban J connectivity index is 2.24. The van der Waals surface area contributed by atoms with Crippen molar-refractivity contribution in [3.63, 3.8) is 0 Å². The average Bonchev–Trinajstić information content (AvgIpc) is 2.47. The van der Waals surface area contributed by atoms with E-state index in [-0.39, 0.29) is 17.2 Å². The van der Waals surface area contributed by atoms with Crippen LogP contribution in [0.1, 0.15) is 22.8 Å². The Kier molecular flexibility index (Phi) is 4.70. The summed E-state index contributed by atoms with van der Waals surface area (Å²) in [6.45, 7) is 2.03. The lowest BCUT2D eigenvalue weighted by Gasteiger charge is -2.07. The van der Waals surface area contributed by atoms with E-state index in [1.807, 2.05) is 25.1 Å². The highest BCUT2D eigenvalue weighted by Crippen LogP contribution is 2.26. The number of benzene rings is 2. The molecule has 0 spiro atoms. The molecule has 2 aromatic carbocycles. The summed E-state index contributed by atoms with van der Waals surface area (Å²) in [6.07, 6.45) is 0.869. The van der Waals surface area contributed by atoms with Gasteiger partial charge in [-0.25, -0.2) is 0 Å². The van der Waals surface area contributed by atoms with Crippen LogP contribution >= 0.6 is 15.9 Å². The van der Waals surface area contributed by atoms with E-state index >= 15 is 0 Å². The molecular weight excluding hydrogens is 336 g/mol. The van der Waals surface area contributed by atoms with E-state index in [2.05, 4.69) is 21.2 Å². The number of nitrogens with zero attached hydrogens (tertiary/aromatic N) is 1. The largest absolute Gasteiger partial charge is 0.322 e. The number of nitro groups is 1. The van der Waals surface area contributed by atoms with Crippen molar-refractivity contribution >= 4 is 33.2 Å². The zero-order valence-corrected chi connectivity index (χ0v) is 12.9. The average molecular weight is 349 g/mol. The number of anilines is 1. The van der Waals surface area contributed by atoms with Gasteiger partial charge < -0.3 is 5.32 Å². The van der Waals surface area contributed by atoms with Gasteiger partial charge in [0.15, 0.2) is 0 Å². The molecule has 2 aromatic rings. The zero-order valence-electron chi connectivity index (χ0n) is 11.3. The van der Waals surface area contributed by atoms with Crippen LogP contribution < -0.4 is 5.32 Å². The van der Waals surface area contributed by atoms with Crippen LogP contribution in [0.3, 0.4) is 0 Å². The molecule has 0 aliphatic rings. The number of hydrogen-bond donors (Lipinski definition) is 1. The van der Waals surface area contributed by atoms with Crippen LogP contribution in [-0.2, 0) is 6.42 Å². The van der Waals surface area contributed by atoms with Gasteiger partial charge in [0.25, 0.3) is 11.6 Å². The van der Waals surface area contributed by atoms with Gasteiger partial charge in [-0.15, -0.1) is 0 Å². The molecule has 2 rings (SSSR count). The number of halogens is 1. The van der Waals surface area contributed by atoms with E-state index in [0.717, 1.165) is 12.0 Å². The minimum Gasteiger partial charge on any atom is -0.322 e. The van der Waals surface area contributed by atoms with E-state index in [0.29, 0.717) is 10.2 Å². The monoisotopic (exact) mass is 348 g/mol. The van der Waals surface area contributed by atoms with E-state index in [1.54, 1.807) is 6.07 Å². The summed E-state index contributed by atoms with van der Waals surface area (Å²) >= 11 is 3.09. The standard InChI is InChI=1S/C15H13BrN2O3/c1-2-10-4-3-5-12(8-10)17-15(19)11-6-7-13(16)14(9-11)18(20)21/h3-9H,2H2,1H3,(H,17,19). The van der Waals surface area contributed by atoms with Crippen LogP contribution in [0, 0.1) is 10.1 Å². The fraction of sp³-hybridized carbons (Fsp3) is 0.133. The zero-order chi connectivity index (χ0) is 15.4. The van der Waals surface area contributed by atoms with Crippen molar-refractivity contribution in [2.45, 2.75) is 13.3 Å². The molecule has 0 aromatic heterocycles. The van der Waals surface area contributed by atoms with Crippen LogP contribution in [0.2, 0.25) is 0 Å². The fourth-order valence-electron chi connectivity index (χ4n) is 1.87. The number of carbonyl (C=O) groups excluding carboxylic acids is 1. The summed E-state index contributed by atoms with van der Waals surface area (Å²) in [4.78, 5) is 22.5. The smallest absolute Gasteiger partial charge is 0.284 e. The first-order valence-electron chi connectivity index (χ1n) is 6.35. The molecule has 1 amide bonds. The third kappa shape index (κ3) is 3.66. The minimum absolute atomic E-state index is 0.134. The number of aryl methyl sites for hydroxylation is 1. The summed E-state index contributed by atoms with van der Waals surface area (Å²) in [5.74, 6) is -0.376. The molecule has 0 bridgehead atoms. The Morgan fingerprint density at radius 3 is 2.71 bits per heavy atom. The van der Waals surface area contributed by atoms with Crippen LogP contribution in [0.15, 0.2) is 46.9 Å². The minimum atomic E-state index is -0.529. The predicted molar refractivity (Wildman–Crippen MR) is 84.6 cm³/mol. The van der Waals surface area contributed by atoms with Gasteiger partial charge in [0.2, 0.25) is 0 Å². The Morgan fingerprint density at radius 2 is 2.05 bits per heavy atom. The highest BCUT2D eigenvalue weighted by Gasteiger charge is 2.16. The molecule has 0 heterocycles. The second-order valence-corrected chi connectivity index (χ2v) is 5.29. The third-order valence-electron chi connectivity index (χ3n) is 3.00. The quantitative estimate of drug-likeness (QED) is 0.665. The lowest BCUT2D eigenvalue weighted by Crippen LogP contribution is -2.12. The van der Waals surface area contributed by atoms with Gasteiger partial charge in [0.05, 0.1) is 9.40 Å². The van der Waals surface area contributed by atoms with Gasteiger partial charge in [-0.1, -0.05) is 19.1 Å². The van der Waals surface area contributed by atoms with Gasteiger partial charge in [-0.05, 0) is 52.2 Å². The summed E-state index contributed by atoms with van der Waals surface area (Å²) in [7, 11) is 0. The maximum atomic E-state index is 12.2. The first kappa shape index (κ1) is 15.2. The summed E-state index contributed by atoms with van der Waals surface area (Å²) in [6, 6.07) is 11.8. The van der Waals surface area contributed by atoms with Crippen molar-refractivity contribution < 1.29 is 9.72 Å². The molecule has 21 heavy (non-hydrogen) atoms. The van der Waals surface area contributed by atoms with Gasteiger partial charge in [0, 0.05) is 17.3 Å². The number of rotatable bonds is 4. The van der Waals surface area contributed by atoms with E-state index < -0.39 is 4.92 Å². The molecule has 0 aliphatic carbocycles. The van der Waals surface area contributed by atoms with Crippen molar-refractivity contribution in [2.75, 3.05) is 5.32 Å². The third-order valence-corrected chi connectivity index (χ3v) is 3.67. The Morgan fingerprint density at radius 1 is 1.29 bits per heavy atom. The molecule has 108 valence electrons. The molecule has 0 atom stereocenters. The molecule has 0 saturated heterocycles. The maximum Gasteiger partial charge on any atom is 0.284 e. The molecule has 1 N–H and O–H groups in total. The second kappa shape index (κ2) is 6.49. The van der Waals surface area contributed by atoms with E-state index in [9.17, 15) is 14.9 Å². The molecule has 0 aliphatic heterocycles. The molecule has 0 unspecified atom stereocenters.